The van der Waals surface area contributed by atoms with E-state index in [0.717, 1.165) is 34.0 Å². The lowest BCUT2D eigenvalue weighted by Crippen LogP contribution is -1.98. The van der Waals surface area contributed by atoms with Crippen LogP contribution in [0.2, 0.25) is 10.0 Å². The molecule has 1 heterocycles. The average molecular weight is 337 g/mol. The van der Waals surface area contributed by atoms with Crippen molar-refractivity contribution in [1.29, 1.82) is 0 Å². The lowest BCUT2D eigenvalue weighted by atomic mass is 10.1. The first-order valence-electron chi connectivity index (χ1n) is 5.38. The van der Waals surface area contributed by atoms with Crippen LogP contribution in [0.4, 0.5) is 0 Å². The zero-order chi connectivity index (χ0) is 12.6. The molecule has 92 valence electrons. The minimum absolute atomic E-state index is 0.355. The molecule has 0 aliphatic heterocycles. The van der Waals surface area contributed by atoms with Gasteiger partial charge in [0.05, 0.1) is 16.6 Å². The van der Waals surface area contributed by atoms with Crippen LogP contribution in [0.5, 0.6) is 0 Å². The molecule has 0 aliphatic carbocycles. The maximum absolute atomic E-state index is 6.30. The van der Waals surface area contributed by atoms with Gasteiger partial charge in [-0.2, -0.15) is 0 Å². The SMILES string of the molecule is CCCc1c(CN)oc2c(Cl)cc(Br)c(Cl)c12. The van der Waals surface area contributed by atoms with Gasteiger partial charge in [-0.1, -0.05) is 36.5 Å². The Labute approximate surface area is 118 Å². The minimum atomic E-state index is 0.355. The van der Waals surface area contributed by atoms with E-state index in [1.165, 1.54) is 0 Å². The Morgan fingerprint density at radius 2 is 2.12 bits per heavy atom. The van der Waals surface area contributed by atoms with E-state index in [9.17, 15) is 0 Å². The molecule has 0 unspecified atom stereocenters. The summed E-state index contributed by atoms with van der Waals surface area (Å²) in [7, 11) is 0. The van der Waals surface area contributed by atoms with Crippen molar-refractivity contribution in [3.63, 3.8) is 0 Å². The molecule has 0 bridgehead atoms. The summed E-state index contributed by atoms with van der Waals surface area (Å²) < 4.78 is 6.48. The van der Waals surface area contributed by atoms with Crippen LogP contribution >= 0.6 is 39.1 Å². The largest absolute Gasteiger partial charge is 0.458 e. The summed E-state index contributed by atoms with van der Waals surface area (Å²) in [6, 6.07) is 1.74. The van der Waals surface area contributed by atoms with E-state index in [-0.39, 0.29) is 0 Å². The summed E-state index contributed by atoms with van der Waals surface area (Å²) in [4.78, 5) is 0. The highest BCUT2D eigenvalue weighted by Gasteiger charge is 2.19. The minimum Gasteiger partial charge on any atom is -0.458 e. The van der Waals surface area contributed by atoms with Crippen molar-refractivity contribution in [2.75, 3.05) is 0 Å². The third kappa shape index (κ3) is 2.22. The Hall–Kier alpha value is -0.220. The quantitative estimate of drug-likeness (QED) is 0.808. The molecule has 0 aliphatic rings. The predicted octanol–water partition coefficient (Wildman–Crippen LogP) is 4.91. The first-order chi connectivity index (χ1) is 8.10. The van der Waals surface area contributed by atoms with Crippen molar-refractivity contribution in [2.45, 2.75) is 26.3 Å². The van der Waals surface area contributed by atoms with Crippen LogP contribution in [-0.4, -0.2) is 0 Å². The molecule has 2 nitrogen and oxygen atoms in total. The topological polar surface area (TPSA) is 39.2 Å². The molecule has 1 aromatic carbocycles. The van der Waals surface area contributed by atoms with Gasteiger partial charge < -0.3 is 10.2 Å². The second kappa shape index (κ2) is 5.19. The number of rotatable bonds is 3. The fourth-order valence-electron chi connectivity index (χ4n) is 1.95. The number of furan rings is 1. The molecular weight excluding hydrogens is 325 g/mol. The molecule has 0 saturated carbocycles. The molecule has 0 spiro atoms. The molecule has 0 amide bonds. The highest BCUT2D eigenvalue weighted by molar-refractivity contribution is 9.10. The van der Waals surface area contributed by atoms with Gasteiger partial charge in [-0.05, 0) is 28.4 Å². The van der Waals surface area contributed by atoms with Crippen LogP contribution in [0.25, 0.3) is 11.0 Å². The third-order valence-electron chi connectivity index (χ3n) is 2.68. The molecule has 2 rings (SSSR count). The van der Waals surface area contributed by atoms with Crippen molar-refractivity contribution in [3.05, 3.63) is 31.9 Å². The Morgan fingerprint density at radius 1 is 1.41 bits per heavy atom. The van der Waals surface area contributed by atoms with Gasteiger partial charge >= 0.3 is 0 Å². The summed E-state index contributed by atoms with van der Waals surface area (Å²) in [6.45, 7) is 2.46. The maximum Gasteiger partial charge on any atom is 0.154 e. The van der Waals surface area contributed by atoms with Crippen LogP contribution < -0.4 is 5.73 Å². The average Bonchev–Trinajstić information content (AvgIpc) is 2.66. The molecule has 5 heteroatoms. The van der Waals surface area contributed by atoms with Gasteiger partial charge in [-0.25, -0.2) is 0 Å². The second-order valence-corrected chi connectivity index (χ2v) is 5.46. The van der Waals surface area contributed by atoms with E-state index in [1.54, 1.807) is 6.07 Å². The van der Waals surface area contributed by atoms with Gasteiger partial charge in [0.1, 0.15) is 5.76 Å². The van der Waals surface area contributed by atoms with Crippen LogP contribution in [0.1, 0.15) is 24.7 Å². The number of fused-ring (bicyclic) bond motifs is 1. The van der Waals surface area contributed by atoms with E-state index in [1.807, 2.05) is 0 Å². The molecule has 1 aromatic heterocycles. The van der Waals surface area contributed by atoms with Gasteiger partial charge in [-0.3, -0.25) is 0 Å². The lowest BCUT2D eigenvalue weighted by Gasteiger charge is -2.02. The maximum atomic E-state index is 6.30. The molecule has 2 N–H and O–H groups in total. The zero-order valence-electron chi connectivity index (χ0n) is 9.32. The molecule has 0 saturated heterocycles. The van der Waals surface area contributed by atoms with Gasteiger partial charge in [0.15, 0.2) is 5.58 Å². The Kier molecular flexibility index (Phi) is 4.03. The van der Waals surface area contributed by atoms with Crippen molar-refractivity contribution >= 4 is 50.1 Å². The van der Waals surface area contributed by atoms with Crippen molar-refractivity contribution in [2.24, 2.45) is 5.73 Å². The van der Waals surface area contributed by atoms with Crippen LogP contribution in [0, 0.1) is 0 Å². The fourth-order valence-corrected chi connectivity index (χ4v) is 3.01. The van der Waals surface area contributed by atoms with Crippen LogP contribution in [0.15, 0.2) is 15.0 Å². The summed E-state index contributed by atoms with van der Waals surface area (Å²) in [5, 5.41) is 2.07. The molecule has 17 heavy (non-hydrogen) atoms. The molecule has 0 fully saturated rings. The Balaban J connectivity index is 2.84. The first kappa shape index (κ1) is 13.2. The number of hydrogen-bond acceptors (Lipinski definition) is 2. The van der Waals surface area contributed by atoms with Crippen LogP contribution in [-0.2, 0) is 13.0 Å². The molecule has 0 radical (unpaired) electrons. The normalized spacial score (nSPS) is 11.4. The van der Waals surface area contributed by atoms with Crippen molar-refractivity contribution < 1.29 is 4.42 Å². The van der Waals surface area contributed by atoms with E-state index >= 15 is 0 Å². The smallest absolute Gasteiger partial charge is 0.154 e. The monoisotopic (exact) mass is 335 g/mol. The summed E-state index contributed by atoms with van der Waals surface area (Å²) >= 11 is 15.9. The first-order valence-corrected chi connectivity index (χ1v) is 6.92. The number of hydrogen-bond donors (Lipinski definition) is 1. The Bertz CT molecular complexity index is 565. The second-order valence-electron chi connectivity index (χ2n) is 3.82. The number of benzene rings is 1. The molecular formula is C12H12BrCl2NO. The molecule has 0 atom stereocenters. The number of nitrogens with two attached hydrogens (primary N) is 1. The summed E-state index contributed by atoms with van der Waals surface area (Å²) in [6.07, 6.45) is 1.88. The standard InChI is InChI=1S/C12H12BrCl2NO/c1-2-3-6-9(5-16)17-12-8(14)4-7(13)11(15)10(6)12/h4H,2-3,5,16H2,1H3. The Morgan fingerprint density at radius 3 is 2.71 bits per heavy atom. The lowest BCUT2D eigenvalue weighted by molar-refractivity contribution is 0.545. The van der Waals surface area contributed by atoms with Gasteiger partial charge in [0.2, 0.25) is 0 Å². The predicted molar refractivity (Wildman–Crippen MR) is 75.8 cm³/mol. The van der Waals surface area contributed by atoms with Gasteiger partial charge in [0, 0.05) is 15.4 Å². The van der Waals surface area contributed by atoms with E-state index in [0.29, 0.717) is 22.2 Å². The fraction of sp³-hybridized carbons (Fsp3) is 0.333. The van der Waals surface area contributed by atoms with Crippen molar-refractivity contribution in [1.82, 2.24) is 0 Å². The molecule has 2 aromatic rings. The van der Waals surface area contributed by atoms with Gasteiger partial charge in [0.25, 0.3) is 0 Å². The highest BCUT2D eigenvalue weighted by Crippen LogP contribution is 2.41. The highest BCUT2D eigenvalue weighted by atomic mass is 79.9. The van der Waals surface area contributed by atoms with E-state index < -0.39 is 0 Å². The van der Waals surface area contributed by atoms with Crippen LogP contribution in [0.3, 0.4) is 0 Å². The number of halogens is 3. The van der Waals surface area contributed by atoms with Crippen molar-refractivity contribution in [3.8, 4) is 0 Å². The summed E-state index contributed by atoms with van der Waals surface area (Å²) in [5.41, 5.74) is 7.39. The van der Waals surface area contributed by atoms with Gasteiger partial charge in [-0.15, -0.1) is 0 Å². The summed E-state index contributed by atoms with van der Waals surface area (Å²) in [5.74, 6) is 0.767. The number of aryl methyl sites for hydroxylation is 1. The van der Waals surface area contributed by atoms with E-state index in [4.69, 9.17) is 33.4 Å². The van der Waals surface area contributed by atoms with E-state index in [2.05, 4.69) is 22.9 Å². The zero-order valence-corrected chi connectivity index (χ0v) is 12.4. The third-order valence-corrected chi connectivity index (χ3v) is 4.20.